The molecule has 1 amide bonds. The minimum Gasteiger partial charge on any atom is -0.454 e. The Morgan fingerprint density at radius 2 is 2.22 bits per heavy atom. The molecular weight excluding hydrogens is 301 g/mol. The zero-order valence-corrected chi connectivity index (χ0v) is 12.2. The topological polar surface area (TPSA) is 64.9 Å². The van der Waals surface area contributed by atoms with E-state index in [1.165, 1.54) is 10.5 Å². The fourth-order valence-electron chi connectivity index (χ4n) is 2.56. The number of carbonyl (C=O) groups excluding carboxylic acids is 1. The number of anilines is 1. The molecule has 1 N–H and O–H groups in total. The van der Waals surface area contributed by atoms with Crippen LogP contribution in [0.2, 0.25) is 0 Å². The molecule has 2 aromatic heterocycles. The molecular formula is C16H12FN3O3. The highest BCUT2D eigenvalue weighted by atomic mass is 19.1. The van der Waals surface area contributed by atoms with Crippen LogP contribution in [0, 0.1) is 12.7 Å². The van der Waals surface area contributed by atoms with E-state index in [1.54, 1.807) is 37.5 Å². The van der Waals surface area contributed by atoms with E-state index in [1.807, 2.05) is 0 Å². The van der Waals surface area contributed by atoms with Crippen LogP contribution >= 0.6 is 0 Å². The second-order valence-corrected chi connectivity index (χ2v) is 5.18. The smallest absolute Gasteiger partial charge is 0.259 e. The lowest BCUT2D eigenvalue weighted by Crippen LogP contribution is -2.13. The van der Waals surface area contributed by atoms with E-state index in [4.69, 9.17) is 9.47 Å². The third kappa shape index (κ3) is 2.26. The molecule has 0 unspecified atom stereocenters. The number of halogens is 1. The summed E-state index contributed by atoms with van der Waals surface area (Å²) in [6.45, 7) is 1.85. The van der Waals surface area contributed by atoms with Gasteiger partial charge in [0.1, 0.15) is 0 Å². The molecule has 0 bridgehead atoms. The Morgan fingerprint density at radius 3 is 3.09 bits per heavy atom. The van der Waals surface area contributed by atoms with Crippen molar-refractivity contribution in [3.05, 3.63) is 53.7 Å². The van der Waals surface area contributed by atoms with Crippen LogP contribution in [0.4, 0.5) is 10.1 Å². The molecule has 0 aliphatic carbocycles. The van der Waals surface area contributed by atoms with E-state index in [0.29, 0.717) is 28.4 Å². The predicted molar refractivity (Wildman–Crippen MR) is 80.4 cm³/mol. The number of pyridine rings is 1. The Bertz CT molecular complexity index is 936. The number of hydrogen-bond donors (Lipinski definition) is 1. The minimum absolute atomic E-state index is 0.0779. The van der Waals surface area contributed by atoms with Gasteiger partial charge in [0.25, 0.3) is 5.91 Å². The lowest BCUT2D eigenvalue weighted by atomic mass is 10.1. The molecule has 0 spiro atoms. The van der Waals surface area contributed by atoms with Gasteiger partial charge in [0, 0.05) is 18.5 Å². The van der Waals surface area contributed by atoms with E-state index in [9.17, 15) is 9.18 Å². The Morgan fingerprint density at radius 1 is 1.35 bits per heavy atom. The molecule has 0 saturated heterocycles. The lowest BCUT2D eigenvalue weighted by molar-refractivity contribution is 0.102. The number of rotatable bonds is 2. The molecule has 1 aliphatic rings. The van der Waals surface area contributed by atoms with Crippen LogP contribution in [0.1, 0.15) is 16.1 Å². The molecule has 0 fully saturated rings. The Balaban J connectivity index is 1.68. The van der Waals surface area contributed by atoms with Gasteiger partial charge in [0.15, 0.2) is 23.0 Å². The number of fused-ring (bicyclic) bond motifs is 2. The van der Waals surface area contributed by atoms with Crippen LogP contribution in [0.15, 0.2) is 36.7 Å². The minimum atomic E-state index is -0.506. The van der Waals surface area contributed by atoms with Crippen molar-refractivity contribution in [1.29, 1.82) is 0 Å². The molecule has 4 rings (SSSR count). The van der Waals surface area contributed by atoms with Crippen molar-refractivity contribution >= 4 is 17.2 Å². The summed E-state index contributed by atoms with van der Waals surface area (Å²) in [6.07, 6.45) is 3.29. The number of aryl methyl sites for hydroxylation is 1. The summed E-state index contributed by atoms with van der Waals surface area (Å²) < 4.78 is 26.1. The molecule has 116 valence electrons. The van der Waals surface area contributed by atoms with Gasteiger partial charge in [-0.2, -0.15) is 0 Å². The molecule has 0 saturated carbocycles. The van der Waals surface area contributed by atoms with Crippen molar-refractivity contribution in [3.8, 4) is 11.5 Å². The van der Waals surface area contributed by atoms with Crippen molar-refractivity contribution in [3.63, 3.8) is 0 Å². The summed E-state index contributed by atoms with van der Waals surface area (Å²) in [5, 5.41) is 2.67. The number of para-hydroxylation sites is 1. The van der Waals surface area contributed by atoms with E-state index in [2.05, 4.69) is 10.3 Å². The maximum atomic E-state index is 14.1. The van der Waals surface area contributed by atoms with Gasteiger partial charge in [-0.1, -0.05) is 6.07 Å². The highest BCUT2D eigenvalue weighted by Gasteiger charge is 2.22. The number of aromatic nitrogens is 2. The number of amides is 1. The van der Waals surface area contributed by atoms with Crippen molar-refractivity contribution in [2.45, 2.75) is 6.92 Å². The van der Waals surface area contributed by atoms with Crippen LogP contribution in [-0.2, 0) is 0 Å². The molecule has 3 aromatic rings. The Hall–Kier alpha value is -3.09. The van der Waals surface area contributed by atoms with Gasteiger partial charge in [-0.25, -0.2) is 9.37 Å². The van der Waals surface area contributed by atoms with Crippen molar-refractivity contribution in [2.24, 2.45) is 0 Å². The standard InChI is InChI=1S/C16H12FN3O3/c1-9-6-20-7-10(5-12(17)15(20)18-9)19-16(21)11-3-2-4-13-14(11)23-8-22-13/h2-7H,8H2,1H3,(H,19,21). The van der Waals surface area contributed by atoms with Gasteiger partial charge < -0.3 is 19.2 Å². The summed E-state index contributed by atoms with van der Waals surface area (Å²) in [5.74, 6) is 0.00579. The first kappa shape index (κ1) is 13.6. The molecule has 6 nitrogen and oxygen atoms in total. The van der Waals surface area contributed by atoms with Gasteiger partial charge in [-0.15, -0.1) is 0 Å². The average Bonchev–Trinajstić information content (AvgIpc) is 3.12. The molecule has 1 aromatic carbocycles. The molecule has 1 aliphatic heterocycles. The van der Waals surface area contributed by atoms with Gasteiger partial charge in [-0.05, 0) is 19.1 Å². The quantitative estimate of drug-likeness (QED) is 0.790. The number of hydrogen-bond acceptors (Lipinski definition) is 4. The SMILES string of the molecule is Cc1cn2cc(NC(=O)c3cccc4c3OCO4)cc(F)c2n1. The number of nitrogens with one attached hydrogen (secondary N) is 1. The maximum Gasteiger partial charge on any atom is 0.259 e. The van der Waals surface area contributed by atoms with Gasteiger partial charge in [0.05, 0.1) is 16.9 Å². The number of carbonyl (C=O) groups is 1. The second kappa shape index (κ2) is 4.98. The summed E-state index contributed by atoms with van der Waals surface area (Å²) >= 11 is 0. The van der Waals surface area contributed by atoms with Crippen LogP contribution in [0.25, 0.3) is 5.65 Å². The van der Waals surface area contributed by atoms with E-state index < -0.39 is 11.7 Å². The Kier molecular flexibility index (Phi) is 2.94. The number of ether oxygens (including phenoxy) is 2. The predicted octanol–water partition coefficient (Wildman–Crippen LogP) is 2.76. The molecule has 3 heterocycles. The number of nitrogens with zero attached hydrogens (tertiary/aromatic N) is 2. The van der Waals surface area contributed by atoms with Crippen LogP contribution in [-0.4, -0.2) is 22.1 Å². The highest BCUT2D eigenvalue weighted by Crippen LogP contribution is 2.35. The molecule has 0 radical (unpaired) electrons. The summed E-state index contributed by atoms with van der Waals surface area (Å²) in [5.41, 5.74) is 1.58. The third-order valence-corrected chi connectivity index (χ3v) is 3.53. The summed E-state index contributed by atoms with van der Waals surface area (Å²) in [7, 11) is 0. The zero-order valence-electron chi connectivity index (χ0n) is 12.2. The number of imidazole rings is 1. The van der Waals surface area contributed by atoms with Crippen molar-refractivity contribution in [1.82, 2.24) is 9.38 Å². The van der Waals surface area contributed by atoms with Gasteiger partial charge in [0.2, 0.25) is 6.79 Å². The van der Waals surface area contributed by atoms with E-state index in [-0.39, 0.29) is 12.4 Å². The number of benzene rings is 1. The third-order valence-electron chi connectivity index (χ3n) is 3.53. The first-order chi connectivity index (χ1) is 11.1. The van der Waals surface area contributed by atoms with Gasteiger partial charge >= 0.3 is 0 Å². The fraction of sp³-hybridized carbons (Fsp3) is 0.125. The van der Waals surface area contributed by atoms with E-state index in [0.717, 1.165) is 0 Å². The first-order valence-electron chi connectivity index (χ1n) is 6.96. The lowest BCUT2D eigenvalue weighted by Gasteiger charge is -2.08. The fourth-order valence-corrected chi connectivity index (χ4v) is 2.56. The van der Waals surface area contributed by atoms with Crippen LogP contribution in [0.5, 0.6) is 11.5 Å². The second-order valence-electron chi connectivity index (χ2n) is 5.18. The first-order valence-corrected chi connectivity index (χ1v) is 6.96. The maximum absolute atomic E-state index is 14.1. The van der Waals surface area contributed by atoms with Crippen molar-refractivity contribution < 1.29 is 18.7 Å². The average molecular weight is 313 g/mol. The zero-order chi connectivity index (χ0) is 16.0. The van der Waals surface area contributed by atoms with Crippen molar-refractivity contribution in [2.75, 3.05) is 12.1 Å². The van der Waals surface area contributed by atoms with Crippen LogP contribution < -0.4 is 14.8 Å². The highest BCUT2D eigenvalue weighted by molar-refractivity contribution is 6.06. The summed E-state index contributed by atoms with van der Waals surface area (Å²) in [4.78, 5) is 16.5. The summed E-state index contributed by atoms with van der Waals surface area (Å²) in [6, 6.07) is 6.28. The monoisotopic (exact) mass is 313 g/mol. The van der Waals surface area contributed by atoms with Gasteiger partial charge in [-0.3, -0.25) is 4.79 Å². The molecule has 0 atom stereocenters. The van der Waals surface area contributed by atoms with E-state index >= 15 is 0 Å². The Labute approximate surface area is 130 Å². The molecule has 7 heteroatoms. The molecule has 23 heavy (non-hydrogen) atoms. The van der Waals surface area contributed by atoms with Crippen LogP contribution in [0.3, 0.4) is 0 Å². The largest absolute Gasteiger partial charge is 0.454 e. The normalized spacial score (nSPS) is 12.6.